The molecule has 15 heavy (non-hydrogen) atoms. The van der Waals surface area contributed by atoms with Crippen molar-refractivity contribution in [2.45, 2.75) is 57.9 Å². The van der Waals surface area contributed by atoms with E-state index >= 15 is 0 Å². The molecule has 2 fully saturated rings. The number of nitrogens with one attached hydrogen (secondary N) is 1. The van der Waals surface area contributed by atoms with E-state index in [1.807, 2.05) is 0 Å². The van der Waals surface area contributed by atoms with Crippen LogP contribution < -0.4 is 11.1 Å². The zero-order valence-electron chi connectivity index (χ0n) is 10.3. The average Bonchev–Trinajstić information content (AvgIpc) is 2.89. The summed E-state index contributed by atoms with van der Waals surface area (Å²) < 4.78 is 0. The molecule has 0 bridgehead atoms. The quantitative estimate of drug-likeness (QED) is 0.706. The van der Waals surface area contributed by atoms with Crippen LogP contribution in [0.3, 0.4) is 0 Å². The Hall–Kier alpha value is -0.0800. The third-order valence-electron chi connectivity index (χ3n) is 5.03. The lowest BCUT2D eigenvalue weighted by Gasteiger charge is -2.37. The molecule has 2 rings (SSSR count). The van der Waals surface area contributed by atoms with Gasteiger partial charge in [0, 0.05) is 12.1 Å². The zero-order chi connectivity index (χ0) is 10.9. The molecule has 2 saturated carbocycles. The van der Waals surface area contributed by atoms with Crippen LogP contribution in [0.25, 0.3) is 0 Å². The summed E-state index contributed by atoms with van der Waals surface area (Å²) in [5, 5.41) is 3.72. The summed E-state index contributed by atoms with van der Waals surface area (Å²) in [6.07, 6.45) is 8.41. The molecule has 0 amide bonds. The van der Waals surface area contributed by atoms with E-state index in [1.165, 1.54) is 38.5 Å². The van der Waals surface area contributed by atoms with Crippen LogP contribution in [0.15, 0.2) is 0 Å². The lowest BCUT2D eigenvalue weighted by Crippen LogP contribution is -2.55. The molecule has 1 unspecified atom stereocenters. The molecule has 88 valence electrons. The molecular weight excluding hydrogens is 184 g/mol. The maximum absolute atomic E-state index is 5.93. The zero-order valence-corrected chi connectivity index (χ0v) is 10.3. The van der Waals surface area contributed by atoms with E-state index in [9.17, 15) is 0 Å². The van der Waals surface area contributed by atoms with Crippen molar-refractivity contribution >= 4 is 0 Å². The molecule has 2 nitrogen and oxygen atoms in total. The Morgan fingerprint density at radius 2 is 2.07 bits per heavy atom. The Morgan fingerprint density at radius 1 is 1.40 bits per heavy atom. The fourth-order valence-electron chi connectivity index (χ4n) is 2.60. The molecule has 0 spiro atoms. The predicted molar refractivity (Wildman–Crippen MR) is 64.8 cm³/mol. The molecule has 2 aliphatic rings. The van der Waals surface area contributed by atoms with E-state index in [0.29, 0.717) is 5.41 Å². The van der Waals surface area contributed by atoms with Crippen LogP contribution in [-0.4, -0.2) is 18.6 Å². The van der Waals surface area contributed by atoms with Gasteiger partial charge in [-0.1, -0.05) is 26.2 Å². The van der Waals surface area contributed by atoms with Crippen LogP contribution in [0, 0.1) is 11.3 Å². The summed E-state index contributed by atoms with van der Waals surface area (Å²) in [6.45, 7) is 6.61. The van der Waals surface area contributed by atoms with Crippen molar-refractivity contribution in [2.24, 2.45) is 17.1 Å². The third kappa shape index (κ3) is 2.21. The Labute approximate surface area is 94.0 Å². The van der Waals surface area contributed by atoms with E-state index in [2.05, 4.69) is 19.2 Å². The van der Waals surface area contributed by atoms with Crippen molar-refractivity contribution in [3.8, 4) is 0 Å². The highest BCUT2D eigenvalue weighted by atomic mass is 15.0. The lowest BCUT2D eigenvalue weighted by molar-refractivity contribution is 0.212. The highest BCUT2D eigenvalue weighted by Crippen LogP contribution is 2.53. The normalized spacial score (nSPS) is 28.2. The van der Waals surface area contributed by atoms with Crippen molar-refractivity contribution in [3.05, 3.63) is 0 Å². The van der Waals surface area contributed by atoms with Crippen LogP contribution in [0.4, 0.5) is 0 Å². The Kier molecular flexibility index (Phi) is 3.09. The SMILES string of the molecule is CC1(C(C)(CN)NCCC2CCC2)CC1. The van der Waals surface area contributed by atoms with E-state index in [4.69, 9.17) is 5.73 Å². The molecule has 2 aliphatic carbocycles. The van der Waals surface area contributed by atoms with E-state index in [-0.39, 0.29) is 5.54 Å². The first-order chi connectivity index (χ1) is 7.10. The molecular formula is C13H26N2. The average molecular weight is 210 g/mol. The van der Waals surface area contributed by atoms with Gasteiger partial charge in [0.1, 0.15) is 0 Å². The van der Waals surface area contributed by atoms with E-state index < -0.39 is 0 Å². The molecule has 0 aromatic rings. The van der Waals surface area contributed by atoms with Crippen LogP contribution in [0.2, 0.25) is 0 Å². The number of hydrogen-bond acceptors (Lipinski definition) is 2. The van der Waals surface area contributed by atoms with Gasteiger partial charge in [0.25, 0.3) is 0 Å². The number of nitrogens with two attached hydrogens (primary N) is 1. The summed E-state index contributed by atoms with van der Waals surface area (Å²) >= 11 is 0. The molecule has 0 aliphatic heterocycles. The van der Waals surface area contributed by atoms with Gasteiger partial charge in [-0.05, 0) is 44.1 Å². The van der Waals surface area contributed by atoms with Gasteiger partial charge < -0.3 is 11.1 Å². The number of rotatable bonds is 6. The molecule has 2 heteroatoms. The third-order valence-corrected chi connectivity index (χ3v) is 5.03. The smallest absolute Gasteiger partial charge is 0.0329 e. The van der Waals surface area contributed by atoms with Crippen LogP contribution in [0.1, 0.15) is 52.4 Å². The predicted octanol–water partition coefficient (Wildman–Crippen LogP) is 2.28. The first kappa shape index (κ1) is 11.4. The lowest BCUT2D eigenvalue weighted by atomic mass is 9.81. The molecule has 0 aromatic carbocycles. The summed E-state index contributed by atoms with van der Waals surface area (Å²) in [5.41, 5.74) is 6.58. The fraction of sp³-hybridized carbons (Fsp3) is 1.00. The maximum atomic E-state index is 5.93. The van der Waals surface area contributed by atoms with Gasteiger partial charge in [-0.2, -0.15) is 0 Å². The highest BCUT2D eigenvalue weighted by Gasteiger charge is 2.51. The summed E-state index contributed by atoms with van der Waals surface area (Å²) in [6, 6.07) is 0. The van der Waals surface area contributed by atoms with Gasteiger partial charge >= 0.3 is 0 Å². The Bertz CT molecular complexity index is 219. The minimum Gasteiger partial charge on any atom is -0.329 e. The molecule has 1 atom stereocenters. The van der Waals surface area contributed by atoms with Gasteiger partial charge in [-0.3, -0.25) is 0 Å². The van der Waals surface area contributed by atoms with Crippen LogP contribution in [-0.2, 0) is 0 Å². The fourth-order valence-corrected chi connectivity index (χ4v) is 2.60. The van der Waals surface area contributed by atoms with Crippen LogP contribution >= 0.6 is 0 Å². The maximum Gasteiger partial charge on any atom is 0.0329 e. The second-order valence-corrected chi connectivity index (χ2v) is 6.11. The monoisotopic (exact) mass is 210 g/mol. The largest absolute Gasteiger partial charge is 0.329 e. The molecule has 0 saturated heterocycles. The Morgan fingerprint density at radius 3 is 2.47 bits per heavy atom. The summed E-state index contributed by atoms with van der Waals surface area (Å²) in [7, 11) is 0. The first-order valence-electron chi connectivity index (χ1n) is 6.55. The topological polar surface area (TPSA) is 38.0 Å². The summed E-state index contributed by atoms with van der Waals surface area (Å²) in [4.78, 5) is 0. The highest BCUT2D eigenvalue weighted by molar-refractivity contribution is 5.08. The molecule has 0 heterocycles. The van der Waals surface area contributed by atoms with Gasteiger partial charge in [0.15, 0.2) is 0 Å². The second-order valence-electron chi connectivity index (χ2n) is 6.11. The minimum atomic E-state index is 0.177. The molecule has 3 N–H and O–H groups in total. The van der Waals surface area contributed by atoms with Crippen molar-refractivity contribution in [1.29, 1.82) is 0 Å². The Balaban J connectivity index is 1.74. The standard InChI is InChI=1S/C13H26N2/c1-12(7-8-12)13(2,10-14)15-9-6-11-4-3-5-11/h11,15H,3-10,14H2,1-2H3. The van der Waals surface area contributed by atoms with Gasteiger partial charge in [0.2, 0.25) is 0 Å². The van der Waals surface area contributed by atoms with Gasteiger partial charge in [-0.25, -0.2) is 0 Å². The van der Waals surface area contributed by atoms with Crippen molar-refractivity contribution in [3.63, 3.8) is 0 Å². The summed E-state index contributed by atoms with van der Waals surface area (Å²) in [5.74, 6) is 1.01. The van der Waals surface area contributed by atoms with Gasteiger partial charge in [-0.15, -0.1) is 0 Å². The van der Waals surface area contributed by atoms with Crippen molar-refractivity contribution in [1.82, 2.24) is 5.32 Å². The van der Waals surface area contributed by atoms with Crippen LogP contribution in [0.5, 0.6) is 0 Å². The minimum absolute atomic E-state index is 0.177. The van der Waals surface area contributed by atoms with Crippen molar-refractivity contribution < 1.29 is 0 Å². The van der Waals surface area contributed by atoms with Crippen molar-refractivity contribution in [2.75, 3.05) is 13.1 Å². The van der Waals surface area contributed by atoms with E-state index in [1.54, 1.807) is 0 Å². The van der Waals surface area contributed by atoms with Gasteiger partial charge in [0.05, 0.1) is 0 Å². The number of hydrogen-bond donors (Lipinski definition) is 2. The molecule has 0 radical (unpaired) electrons. The second kappa shape index (κ2) is 4.06. The molecule has 0 aromatic heterocycles. The first-order valence-corrected chi connectivity index (χ1v) is 6.55. The van der Waals surface area contributed by atoms with E-state index in [0.717, 1.165) is 19.0 Å².